The van der Waals surface area contributed by atoms with Gasteiger partial charge in [-0.15, -0.1) is 0 Å². The molecule has 0 aliphatic carbocycles. The number of nitrogens with zero attached hydrogens (tertiary/aromatic N) is 1. The van der Waals surface area contributed by atoms with Gasteiger partial charge in [-0.1, -0.05) is 0 Å². The van der Waals surface area contributed by atoms with Crippen LogP contribution in [0.2, 0.25) is 0 Å². The number of benzene rings is 1. The Morgan fingerprint density at radius 2 is 1.69 bits per heavy atom. The Labute approximate surface area is 98.0 Å². The third-order valence-electron chi connectivity index (χ3n) is 2.78. The summed E-state index contributed by atoms with van der Waals surface area (Å²) in [6.45, 7) is 4.96. The molecule has 0 unspecified atom stereocenters. The van der Waals surface area contributed by atoms with Crippen molar-refractivity contribution in [2.45, 2.75) is 20.4 Å². The van der Waals surface area contributed by atoms with Crippen LogP contribution in [-0.2, 0) is 6.54 Å². The molecule has 0 heterocycles. The first kappa shape index (κ1) is 12.8. The summed E-state index contributed by atoms with van der Waals surface area (Å²) < 4.78 is 10.8. The molecule has 0 fully saturated rings. The minimum Gasteiger partial charge on any atom is -0.496 e. The summed E-state index contributed by atoms with van der Waals surface area (Å²) in [5, 5.41) is 0. The Balaban J connectivity index is 3.29. The van der Waals surface area contributed by atoms with E-state index in [2.05, 4.69) is 24.8 Å². The van der Waals surface area contributed by atoms with E-state index in [0.717, 1.165) is 34.7 Å². The van der Waals surface area contributed by atoms with Gasteiger partial charge in [-0.05, 0) is 45.1 Å². The Bertz CT molecular complexity index is 373. The maximum Gasteiger partial charge on any atom is 0.126 e. The SMILES string of the molecule is COc1cc(CN(C)C)c(OC)c(C)c1C. The molecule has 0 saturated heterocycles. The van der Waals surface area contributed by atoms with Crippen LogP contribution in [0.25, 0.3) is 0 Å². The zero-order valence-corrected chi connectivity index (χ0v) is 11.0. The maximum atomic E-state index is 5.48. The van der Waals surface area contributed by atoms with Crippen molar-refractivity contribution in [2.75, 3.05) is 28.3 Å². The Morgan fingerprint density at radius 1 is 1.06 bits per heavy atom. The van der Waals surface area contributed by atoms with Gasteiger partial charge in [0.05, 0.1) is 14.2 Å². The molecule has 0 aliphatic heterocycles. The highest BCUT2D eigenvalue weighted by Crippen LogP contribution is 2.33. The van der Waals surface area contributed by atoms with Gasteiger partial charge in [0.15, 0.2) is 0 Å². The molecule has 1 rings (SSSR count). The second kappa shape index (κ2) is 5.21. The third-order valence-corrected chi connectivity index (χ3v) is 2.78. The van der Waals surface area contributed by atoms with Gasteiger partial charge in [0, 0.05) is 12.1 Å². The quantitative estimate of drug-likeness (QED) is 0.782. The fourth-order valence-electron chi connectivity index (χ4n) is 1.88. The molecule has 0 atom stereocenters. The van der Waals surface area contributed by atoms with Gasteiger partial charge in [-0.3, -0.25) is 0 Å². The van der Waals surface area contributed by atoms with Crippen LogP contribution in [0.3, 0.4) is 0 Å². The van der Waals surface area contributed by atoms with E-state index in [4.69, 9.17) is 9.47 Å². The number of ether oxygens (including phenoxy) is 2. The highest BCUT2D eigenvalue weighted by Gasteiger charge is 2.13. The first-order chi connectivity index (χ1) is 7.51. The number of rotatable bonds is 4. The molecule has 0 amide bonds. The molecule has 3 heteroatoms. The standard InChI is InChI=1S/C13H21NO2/c1-9-10(2)13(16-6)11(8-14(3)4)7-12(9)15-5/h7H,8H2,1-6H3. The van der Waals surface area contributed by atoms with Crippen molar-refractivity contribution in [1.82, 2.24) is 4.90 Å². The second-order valence-electron chi connectivity index (χ2n) is 4.26. The minimum atomic E-state index is 0.848. The molecule has 90 valence electrons. The van der Waals surface area contributed by atoms with Gasteiger partial charge in [0.1, 0.15) is 11.5 Å². The van der Waals surface area contributed by atoms with Crippen LogP contribution < -0.4 is 9.47 Å². The van der Waals surface area contributed by atoms with Gasteiger partial charge in [-0.2, -0.15) is 0 Å². The molecule has 1 aromatic rings. The van der Waals surface area contributed by atoms with E-state index in [-0.39, 0.29) is 0 Å². The molecule has 0 bridgehead atoms. The van der Waals surface area contributed by atoms with Crippen molar-refractivity contribution in [3.05, 3.63) is 22.8 Å². The lowest BCUT2D eigenvalue weighted by Gasteiger charge is -2.19. The van der Waals surface area contributed by atoms with E-state index in [9.17, 15) is 0 Å². The van der Waals surface area contributed by atoms with E-state index in [1.165, 1.54) is 0 Å². The smallest absolute Gasteiger partial charge is 0.126 e. The van der Waals surface area contributed by atoms with Crippen molar-refractivity contribution < 1.29 is 9.47 Å². The fourth-order valence-corrected chi connectivity index (χ4v) is 1.88. The van der Waals surface area contributed by atoms with Crippen LogP contribution in [-0.4, -0.2) is 33.2 Å². The fraction of sp³-hybridized carbons (Fsp3) is 0.538. The lowest BCUT2D eigenvalue weighted by atomic mass is 10.0. The van der Waals surface area contributed by atoms with Gasteiger partial charge in [0.2, 0.25) is 0 Å². The monoisotopic (exact) mass is 223 g/mol. The van der Waals surface area contributed by atoms with E-state index >= 15 is 0 Å². The summed E-state index contributed by atoms with van der Waals surface area (Å²) in [6.07, 6.45) is 0. The molecular formula is C13H21NO2. The molecule has 16 heavy (non-hydrogen) atoms. The largest absolute Gasteiger partial charge is 0.496 e. The molecule has 3 nitrogen and oxygen atoms in total. The van der Waals surface area contributed by atoms with E-state index in [0.29, 0.717) is 0 Å². The topological polar surface area (TPSA) is 21.7 Å². The molecule has 0 saturated carbocycles. The summed E-state index contributed by atoms with van der Waals surface area (Å²) in [5.74, 6) is 1.89. The van der Waals surface area contributed by atoms with Crippen LogP contribution in [0.4, 0.5) is 0 Å². The Kier molecular flexibility index (Phi) is 4.19. The predicted molar refractivity (Wildman–Crippen MR) is 66.4 cm³/mol. The van der Waals surface area contributed by atoms with Gasteiger partial charge in [-0.25, -0.2) is 0 Å². The van der Waals surface area contributed by atoms with Crippen molar-refractivity contribution in [1.29, 1.82) is 0 Å². The van der Waals surface area contributed by atoms with Crippen LogP contribution >= 0.6 is 0 Å². The lowest BCUT2D eigenvalue weighted by Crippen LogP contribution is -2.12. The van der Waals surface area contributed by atoms with E-state index in [1.54, 1.807) is 14.2 Å². The molecule has 1 aromatic carbocycles. The first-order valence-electron chi connectivity index (χ1n) is 5.37. The third kappa shape index (κ3) is 2.47. The van der Waals surface area contributed by atoms with E-state index in [1.807, 2.05) is 14.1 Å². The average molecular weight is 223 g/mol. The molecule has 0 aromatic heterocycles. The molecule has 0 radical (unpaired) electrons. The van der Waals surface area contributed by atoms with Crippen LogP contribution in [0, 0.1) is 13.8 Å². The highest BCUT2D eigenvalue weighted by molar-refractivity contribution is 5.52. The second-order valence-corrected chi connectivity index (χ2v) is 4.26. The van der Waals surface area contributed by atoms with Crippen LogP contribution in [0.15, 0.2) is 6.07 Å². The molecule has 0 spiro atoms. The van der Waals surface area contributed by atoms with Crippen LogP contribution in [0.5, 0.6) is 11.5 Å². The van der Waals surface area contributed by atoms with E-state index < -0.39 is 0 Å². The van der Waals surface area contributed by atoms with Gasteiger partial charge >= 0.3 is 0 Å². The number of methoxy groups -OCH3 is 2. The summed E-state index contributed by atoms with van der Waals surface area (Å²) in [7, 11) is 7.50. The van der Waals surface area contributed by atoms with Gasteiger partial charge < -0.3 is 14.4 Å². The normalized spacial score (nSPS) is 10.7. The first-order valence-corrected chi connectivity index (χ1v) is 5.37. The number of hydrogen-bond acceptors (Lipinski definition) is 3. The van der Waals surface area contributed by atoms with Gasteiger partial charge in [0.25, 0.3) is 0 Å². The van der Waals surface area contributed by atoms with Crippen molar-refractivity contribution >= 4 is 0 Å². The molecular weight excluding hydrogens is 202 g/mol. The summed E-state index contributed by atoms with van der Waals surface area (Å²) in [5.41, 5.74) is 3.45. The lowest BCUT2D eigenvalue weighted by molar-refractivity contribution is 0.364. The minimum absolute atomic E-state index is 0.848. The number of hydrogen-bond donors (Lipinski definition) is 0. The van der Waals surface area contributed by atoms with Crippen molar-refractivity contribution in [2.24, 2.45) is 0 Å². The highest BCUT2D eigenvalue weighted by atomic mass is 16.5. The average Bonchev–Trinajstić information content (AvgIpc) is 2.23. The predicted octanol–water partition coefficient (Wildman–Crippen LogP) is 2.38. The zero-order chi connectivity index (χ0) is 12.3. The summed E-state index contributed by atoms with van der Waals surface area (Å²) in [4.78, 5) is 2.12. The van der Waals surface area contributed by atoms with Crippen molar-refractivity contribution in [3.63, 3.8) is 0 Å². The zero-order valence-electron chi connectivity index (χ0n) is 11.0. The van der Waals surface area contributed by atoms with Crippen LogP contribution in [0.1, 0.15) is 16.7 Å². The Morgan fingerprint density at radius 3 is 2.12 bits per heavy atom. The summed E-state index contributed by atoms with van der Waals surface area (Å²) >= 11 is 0. The maximum absolute atomic E-state index is 5.48. The Hall–Kier alpha value is -1.22. The van der Waals surface area contributed by atoms with Crippen molar-refractivity contribution in [3.8, 4) is 11.5 Å². The molecule has 0 aliphatic rings. The molecule has 0 N–H and O–H groups in total. The summed E-state index contributed by atoms with van der Waals surface area (Å²) in [6, 6.07) is 2.06.